The number of ether oxygens (including phenoxy) is 2. The van der Waals surface area contributed by atoms with Gasteiger partial charge < -0.3 is 14.8 Å². The number of esters is 2. The van der Waals surface area contributed by atoms with Crippen LogP contribution in [0.2, 0.25) is 0 Å². The Balaban J connectivity index is 2.90. The maximum Gasteiger partial charge on any atom is 0.328 e. The molecule has 1 aromatic carbocycles. The van der Waals surface area contributed by atoms with Gasteiger partial charge in [0.1, 0.15) is 11.6 Å². The molecular formula is C16H19F2NO5. The van der Waals surface area contributed by atoms with E-state index in [-0.39, 0.29) is 0 Å². The lowest BCUT2D eigenvalue weighted by molar-refractivity contribution is -0.158. The van der Waals surface area contributed by atoms with Crippen molar-refractivity contribution in [3.8, 4) is 0 Å². The van der Waals surface area contributed by atoms with Crippen molar-refractivity contribution in [2.24, 2.45) is 0 Å². The topological polar surface area (TPSA) is 81.7 Å². The van der Waals surface area contributed by atoms with Gasteiger partial charge in [0.25, 0.3) is 5.91 Å². The highest BCUT2D eigenvalue weighted by molar-refractivity contribution is 5.97. The molecule has 6 nitrogen and oxygen atoms in total. The van der Waals surface area contributed by atoms with Crippen molar-refractivity contribution in [3.05, 3.63) is 35.4 Å². The van der Waals surface area contributed by atoms with Gasteiger partial charge in [0, 0.05) is 0 Å². The van der Waals surface area contributed by atoms with E-state index >= 15 is 0 Å². The number of hydrogen-bond acceptors (Lipinski definition) is 5. The van der Waals surface area contributed by atoms with E-state index in [1.165, 1.54) is 0 Å². The van der Waals surface area contributed by atoms with E-state index < -0.39 is 53.1 Å². The summed E-state index contributed by atoms with van der Waals surface area (Å²) in [4.78, 5) is 35.6. The summed E-state index contributed by atoms with van der Waals surface area (Å²) in [6.45, 7) is 4.91. The van der Waals surface area contributed by atoms with E-state index in [9.17, 15) is 23.2 Å². The van der Waals surface area contributed by atoms with Crippen molar-refractivity contribution < 1.29 is 32.6 Å². The van der Waals surface area contributed by atoms with Crippen LogP contribution in [0.5, 0.6) is 0 Å². The van der Waals surface area contributed by atoms with Crippen molar-refractivity contribution in [3.63, 3.8) is 0 Å². The number of carbonyl (C=O) groups excluding carboxylic acids is 3. The number of amides is 1. The number of hydrogen-bond donors (Lipinski definition) is 1. The highest BCUT2D eigenvalue weighted by atomic mass is 19.2. The Morgan fingerprint density at radius 1 is 1.21 bits per heavy atom. The zero-order valence-corrected chi connectivity index (χ0v) is 13.8. The average Bonchev–Trinajstić information content (AvgIpc) is 2.46. The number of rotatable bonds is 5. The number of carbonyl (C=O) groups is 3. The maximum atomic E-state index is 13.6. The Morgan fingerprint density at radius 2 is 1.83 bits per heavy atom. The average molecular weight is 343 g/mol. The van der Waals surface area contributed by atoms with Gasteiger partial charge in [0.05, 0.1) is 19.1 Å². The van der Waals surface area contributed by atoms with E-state index in [2.05, 4.69) is 10.1 Å². The molecule has 0 heterocycles. The van der Waals surface area contributed by atoms with Crippen LogP contribution in [-0.4, -0.2) is 36.6 Å². The molecular weight excluding hydrogens is 324 g/mol. The Morgan fingerprint density at radius 3 is 2.38 bits per heavy atom. The molecule has 0 unspecified atom stereocenters. The van der Waals surface area contributed by atoms with Crippen molar-refractivity contribution in [2.75, 3.05) is 7.11 Å². The Kier molecular flexibility index (Phi) is 6.39. The molecule has 1 rings (SSSR count). The summed E-state index contributed by atoms with van der Waals surface area (Å²) in [6.07, 6.45) is -0.507. The molecule has 1 aromatic rings. The van der Waals surface area contributed by atoms with E-state index in [1.54, 1.807) is 20.8 Å². The summed E-state index contributed by atoms with van der Waals surface area (Å²) in [5, 5.41) is 2.15. The first kappa shape index (κ1) is 19.5. The summed E-state index contributed by atoms with van der Waals surface area (Å²) >= 11 is 0. The van der Waals surface area contributed by atoms with Crippen molar-refractivity contribution >= 4 is 17.8 Å². The van der Waals surface area contributed by atoms with Gasteiger partial charge >= 0.3 is 11.9 Å². The van der Waals surface area contributed by atoms with Crippen LogP contribution >= 0.6 is 0 Å². The predicted octanol–water partition coefficient (Wildman–Crippen LogP) is 1.97. The van der Waals surface area contributed by atoms with E-state index in [0.717, 1.165) is 25.3 Å². The molecule has 132 valence electrons. The van der Waals surface area contributed by atoms with Crippen LogP contribution in [0, 0.1) is 11.6 Å². The first-order valence-corrected chi connectivity index (χ1v) is 7.09. The number of methoxy groups -OCH3 is 1. The van der Waals surface area contributed by atoms with Gasteiger partial charge in [-0.15, -0.1) is 0 Å². The van der Waals surface area contributed by atoms with Gasteiger partial charge in [-0.2, -0.15) is 0 Å². The third-order valence-corrected chi connectivity index (χ3v) is 2.78. The van der Waals surface area contributed by atoms with Crippen molar-refractivity contribution in [2.45, 2.75) is 38.8 Å². The highest BCUT2D eigenvalue weighted by Crippen LogP contribution is 2.13. The minimum atomic E-state index is -1.39. The molecule has 24 heavy (non-hydrogen) atoms. The molecule has 0 aromatic heterocycles. The molecule has 0 bridgehead atoms. The van der Waals surface area contributed by atoms with Crippen LogP contribution in [0.3, 0.4) is 0 Å². The quantitative estimate of drug-likeness (QED) is 0.827. The van der Waals surface area contributed by atoms with Gasteiger partial charge in [0.15, 0.2) is 11.6 Å². The first-order chi connectivity index (χ1) is 11.0. The van der Waals surface area contributed by atoms with E-state index in [4.69, 9.17) is 4.74 Å². The number of nitrogens with one attached hydrogen (secondary N) is 1. The molecule has 1 N–H and O–H groups in total. The summed E-state index contributed by atoms with van der Waals surface area (Å²) in [5.41, 5.74) is -1.37. The molecule has 0 saturated heterocycles. The van der Waals surface area contributed by atoms with Crippen LogP contribution in [0.4, 0.5) is 8.78 Å². The van der Waals surface area contributed by atoms with E-state index in [0.29, 0.717) is 0 Å². The molecule has 0 aliphatic heterocycles. The Bertz CT molecular complexity index is 640. The molecule has 0 aliphatic rings. The van der Waals surface area contributed by atoms with Gasteiger partial charge in [-0.1, -0.05) is 6.07 Å². The second-order valence-electron chi connectivity index (χ2n) is 5.94. The fourth-order valence-electron chi connectivity index (χ4n) is 1.80. The number of benzene rings is 1. The van der Waals surface area contributed by atoms with Crippen LogP contribution in [0.1, 0.15) is 37.6 Å². The van der Waals surface area contributed by atoms with Crippen LogP contribution in [0.15, 0.2) is 18.2 Å². The summed E-state index contributed by atoms with van der Waals surface area (Å²) in [5.74, 6) is -5.27. The molecule has 0 fully saturated rings. The lowest BCUT2D eigenvalue weighted by atomic mass is 10.1. The summed E-state index contributed by atoms with van der Waals surface area (Å²) < 4.78 is 36.4. The van der Waals surface area contributed by atoms with Crippen molar-refractivity contribution in [1.29, 1.82) is 0 Å². The second-order valence-corrected chi connectivity index (χ2v) is 5.94. The molecule has 8 heteroatoms. The van der Waals surface area contributed by atoms with Crippen LogP contribution in [-0.2, 0) is 19.1 Å². The highest BCUT2D eigenvalue weighted by Gasteiger charge is 2.29. The minimum Gasteiger partial charge on any atom is -0.467 e. The zero-order valence-electron chi connectivity index (χ0n) is 13.8. The van der Waals surface area contributed by atoms with E-state index in [1.807, 2.05) is 0 Å². The van der Waals surface area contributed by atoms with Gasteiger partial charge in [0.2, 0.25) is 0 Å². The second kappa shape index (κ2) is 7.85. The third kappa shape index (κ3) is 5.60. The largest absolute Gasteiger partial charge is 0.467 e. The summed E-state index contributed by atoms with van der Waals surface area (Å²) in [6, 6.07) is 1.66. The molecule has 0 spiro atoms. The molecule has 0 aliphatic carbocycles. The van der Waals surface area contributed by atoms with Gasteiger partial charge in [-0.25, -0.2) is 13.6 Å². The lowest BCUT2D eigenvalue weighted by Crippen LogP contribution is -2.44. The molecule has 1 amide bonds. The van der Waals surface area contributed by atoms with Crippen molar-refractivity contribution in [1.82, 2.24) is 5.32 Å². The monoisotopic (exact) mass is 343 g/mol. The predicted molar refractivity (Wildman–Crippen MR) is 80.1 cm³/mol. The standard InChI is InChI=1S/C16H19F2NO5/c1-16(2,3)24-12(20)8-11(15(22)23-4)19-14(21)9-6-5-7-10(17)13(9)18/h5-7,11H,8H2,1-4H3,(H,19,21)/t11-/m0/s1. The normalized spacial score (nSPS) is 12.2. The SMILES string of the molecule is COC(=O)[C@H](CC(=O)OC(C)(C)C)NC(=O)c1cccc(F)c1F. The Labute approximate surface area is 138 Å². The Hall–Kier alpha value is -2.51. The molecule has 0 saturated carbocycles. The fraction of sp³-hybridized carbons (Fsp3) is 0.438. The maximum absolute atomic E-state index is 13.6. The minimum absolute atomic E-state index is 0.507. The van der Waals surface area contributed by atoms with Crippen LogP contribution < -0.4 is 5.32 Å². The molecule has 1 atom stereocenters. The van der Waals surface area contributed by atoms with Gasteiger partial charge in [-0.05, 0) is 32.9 Å². The third-order valence-electron chi connectivity index (χ3n) is 2.78. The fourth-order valence-corrected chi connectivity index (χ4v) is 1.80. The molecule has 0 radical (unpaired) electrons. The van der Waals surface area contributed by atoms with Crippen LogP contribution in [0.25, 0.3) is 0 Å². The lowest BCUT2D eigenvalue weighted by Gasteiger charge is -2.22. The summed E-state index contributed by atoms with van der Waals surface area (Å²) in [7, 11) is 1.07. The number of halogens is 2. The van der Waals surface area contributed by atoms with Gasteiger partial charge in [-0.3, -0.25) is 9.59 Å². The zero-order chi connectivity index (χ0) is 18.5. The smallest absolute Gasteiger partial charge is 0.328 e. The first-order valence-electron chi connectivity index (χ1n) is 7.09.